The number of thiocarbonyl (C=S) groups is 1. The normalized spacial score (nSPS) is 10.1. The summed E-state index contributed by atoms with van der Waals surface area (Å²) in [6.07, 6.45) is 0. The average Bonchev–Trinajstić information content (AvgIpc) is 1.83. The Bertz CT molecular complexity index is 139. The molecule has 0 bridgehead atoms. The molecular formula is C9H19NNiS2. The van der Waals surface area contributed by atoms with Crippen molar-refractivity contribution in [2.45, 2.75) is 27.7 Å². The molecule has 0 aliphatic carbocycles. The van der Waals surface area contributed by atoms with E-state index in [4.69, 9.17) is 12.2 Å². The Balaban J connectivity index is 0. The van der Waals surface area contributed by atoms with Gasteiger partial charge in [-0.2, -0.15) is 0 Å². The van der Waals surface area contributed by atoms with Gasteiger partial charge >= 0.3 is 0 Å². The Labute approximate surface area is 103 Å². The largest absolute Gasteiger partial charge is 0.357 e. The molecule has 0 unspecified atom stereocenters. The third-order valence-corrected chi connectivity index (χ3v) is 1.98. The van der Waals surface area contributed by atoms with E-state index < -0.39 is 0 Å². The van der Waals surface area contributed by atoms with Crippen LogP contribution in [0.15, 0.2) is 0 Å². The molecule has 13 heavy (non-hydrogen) atoms. The van der Waals surface area contributed by atoms with E-state index in [0.717, 1.165) is 17.4 Å². The number of hydrogen-bond acceptors (Lipinski definition) is 1. The van der Waals surface area contributed by atoms with Crippen LogP contribution < -0.4 is 0 Å². The second kappa shape index (κ2) is 8.08. The van der Waals surface area contributed by atoms with Gasteiger partial charge in [-0.1, -0.05) is 39.9 Å². The molecule has 0 N–H and O–H groups in total. The molecule has 0 saturated carbocycles. The van der Waals surface area contributed by atoms with Crippen LogP contribution in [0.3, 0.4) is 0 Å². The summed E-state index contributed by atoms with van der Waals surface area (Å²) in [5, 5.41) is 0. The molecule has 0 fully saturated rings. The summed E-state index contributed by atoms with van der Waals surface area (Å²) < 4.78 is 0.720. The van der Waals surface area contributed by atoms with E-state index in [9.17, 15) is 0 Å². The fraction of sp³-hybridized carbons (Fsp3) is 0.889. The smallest absolute Gasteiger partial charge is 0.133 e. The van der Waals surface area contributed by atoms with Crippen LogP contribution in [0.2, 0.25) is 0 Å². The molecule has 0 amide bonds. The fourth-order valence-electron chi connectivity index (χ4n) is 1.11. The number of thiol groups is 1. The molecule has 0 atom stereocenters. The molecule has 4 heteroatoms. The van der Waals surface area contributed by atoms with E-state index in [1.165, 1.54) is 0 Å². The quantitative estimate of drug-likeness (QED) is 0.472. The predicted molar refractivity (Wildman–Crippen MR) is 62.8 cm³/mol. The molecule has 0 spiro atoms. The average molecular weight is 264 g/mol. The van der Waals surface area contributed by atoms with Gasteiger partial charge in [0.1, 0.15) is 4.32 Å². The van der Waals surface area contributed by atoms with Crippen LogP contribution in [0, 0.1) is 11.8 Å². The minimum absolute atomic E-state index is 0. The van der Waals surface area contributed by atoms with Gasteiger partial charge in [-0.15, -0.1) is 12.6 Å². The van der Waals surface area contributed by atoms with Crippen molar-refractivity contribution in [1.29, 1.82) is 0 Å². The maximum atomic E-state index is 5.04. The monoisotopic (exact) mass is 263 g/mol. The molecule has 0 aliphatic heterocycles. The Hall–Kier alpha value is 0.734. The summed E-state index contributed by atoms with van der Waals surface area (Å²) in [7, 11) is 0. The van der Waals surface area contributed by atoms with Crippen LogP contribution in [-0.4, -0.2) is 22.3 Å². The van der Waals surface area contributed by atoms with Crippen molar-refractivity contribution < 1.29 is 16.5 Å². The van der Waals surface area contributed by atoms with Crippen molar-refractivity contribution in [3.63, 3.8) is 0 Å². The number of nitrogens with zero attached hydrogens (tertiary/aromatic N) is 1. The van der Waals surface area contributed by atoms with Crippen molar-refractivity contribution in [3.05, 3.63) is 0 Å². The van der Waals surface area contributed by atoms with Crippen LogP contribution in [0.4, 0.5) is 0 Å². The topological polar surface area (TPSA) is 3.24 Å². The van der Waals surface area contributed by atoms with E-state index in [0.29, 0.717) is 11.8 Å². The van der Waals surface area contributed by atoms with Crippen molar-refractivity contribution >= 4 is 29.2 Å². The molecule has 0 aromatic rings. The van der Waals surface area contributed by atoms with Crippen LogP contribution in [0.25, 0.3) is 0 Å². The van der Waals surface area contributed by atoms with Gasteiger partial charge in [0, 0.05) is 29.6 Å². The summed E-state index contributed by atoms with van der Waals surface area (Å²) in [6.45, 7) is 10.8. The van der Waals surface area contributed by atoms with Gasteiger partial charge in [0.05, 0.1) is 0 Å². The molecule has 0 aromatic heterocycles. The van der Waals surface area contributed by atoms with Crippen molar-refractivity contribution in [2.75, 3.05) is 13.1 Å². The molecule has 0 radical (unpaired) electrons. The zero-order valence-electron chi connectivity index (χ0n) is 8.69. The van der Waals surface area contributed by atoms with Gasteiger partial charge in [-0.25, -0.2) is 0 Å². The number of rotatable bonds is 4. The van der Waals surface area contributed by atoms with E-state index in [1.54, 1.807) is 0 Å². The SMILES string of the molecule is CC(C)CN(CC(C)C)C(=S)S.[Ni]. The zero-order chi connectivity index (χ0) is 9.72. The Morgan fingerprint density at radius 1 is 1.15 bits per heavy atom. The summed E-state index contributed by atoms with van der Waals surface area (Å²) >= 11 is 9.24. The molecule has 0 heterocycles. The molecule has 0 aromatic carbocycles. The summed E-state index contributed by atoms with van der Waals surface area (Å²) in [5.74, 6) is 1.29. The first-order valence-electron chi connectivity index (χ1n) is 4.41. The van der Waals surface area contributed by atoms with E-state index in [-0.39, 0.29) is 16.5 Å². The van der Waals surface area contributed by atoms with Gasteiger partial charge in [0.25, 0.3) is 0 Å². The zero-order valence-corrected chi connectivity index (χ0v) is 11.4. The summed E-state index contributed by atoms with van der Waals surface area (Å²) in [4.78, 5) is 2.16. The molecule has 0 rings (SSSR count). The predicted octanol–water partition coefficient (Wildman–Crippen LogP) is 2.81. The first kappa shape index (κ1) is 16.2. The van der Waals surface area contributed by atoms with Crippen molar-refractivity contribution in [1.82, 2.24) is 4.90 Å². The molecule has 0 saturated heterocycles. The van der Waals surface area contributed by atoms with Crippen LogP contribution in [0.1, 0.15) is 27.7 Å². The molecular weight excluding hydrogens is 245 g/mol. The van der Waals surface area contributed by atoms with Crippen LogP contribution >= 0.6 is 24.8 Å². The van der Waals surface area contributed by atoms with E-state index in [1.807, 2.05) is 0 Å². The first-order chi connectivity index (χ1) is 5.43. The van der Waals surface area contributed by atoms with E-state index >= 15 is 0 Å². The maximum Gasteiger partial charge on any atom is 0.133 e. The fourth-order valence-corrected chi connectivity index (χ4v) is 1.42. The second-order valence-electron chi connectivity index (χ2n) is 3.98. The van der Waals surface area contributed by atoms with Crippen LogP contribution in [-0.2, 0) is 16.5 Å². The summed E-state index contributed by atoms with van der Waals surface area (Å²) in [5.41, 5.74) is 0. The van der Waals surface area contributed by atoms with Gasteiger partial charge < -0.3 is 4.90 Å². The van der Waals surface area contributed by atoms with Gasteiger partial charge in [0.15, 0.2) is 0 Å². The molecule has 0 aliphatic rings. The van der Waals surface area contributed by atoms with Crippen LogP contribution in [0.5, 0.6) is 0 Å². The summed E-state index contributed by atoms with van der Waals surface area (Å²) in [6, 6.07) is 0. The minimum atomic E-state index is 0. The standard InChI is InChI=1S/C9H19NS2.Ni/c1-7(2)5-10(9(11)12)6-8(3)4;/h7-8H,5-6H2,1-4H3,(H,11,12);. The molecule has 82 valence electrons. The third kappa shape index (κ3) is 9.05. The Morgan fingerprint density at radius 2 is 1.46 bits per heavy atom. The molecule has 1 nitrogen and oxygen atoms in total. The Morgan fingerprint density at radius 3 is 1.62 bits per heavy atom. The van der Waals surface area contributed by atoms with Crippen molar-refractivity contribution in [3.8, 4) is 0 Å². The van der Waals surface area contributed by atoms with Gasteiger partial charge in [-0.05, 0) is 11.8 Å². The number of hydrogen-bond donors (Lipinski definition) is 1. The first-order valence-corrected chi connectivity index (χ1v) is 5.27. The third-order valence-electron chi connectivity index (χ3n) is 1.44. The van der Waals surface area contributed by atoms with Gasteiger partial charge in [0.2, 0.25) is 0 Å². The second-order valence-corrected chi connectivity index (χ2v) is 5.09. The van der Waals surface area contributed by atoms with E-state index in [2.05, 4.69) is 45.2 Å². The minimum Gasteiger partial charge on any atom is -0.357 e. The Kier molecular flexibility index (Phi) is 10.0. The van der Waals surface area contributed by atoms with Crippen molar-refractivity contribution in [2.24, 2.45) is 11.8 Å². The maximum absolute atomic E-state index is 5.04. The van der Waals surface area contributed by atoms with Gasteiger partial charge in [-0.3, -0.25) is 0 Å².